The normalized spacial score (nSPS) is 10.8. The molecule has 2 amide bonds. The Morgan fingerprint density at radius 2 is 1.68 bits per heavy atom. The van der Waals surface area contributed by atoms with Crippen LogP contribution in [0.25, 0.3) is 0 Å². The second-order valence-electron chi connectivity index (χ2n) is 6.22. The number of hydrogen-bond acceptors (Lipinski definition) is 4. The SMILES string of the molecule is CC(=O)c1ccc(NC(=O)C(C)(C)C(=O)NCc2ccccn2)cc1. The van der Waals surface area contributed by atoms with Gasteiger partial charge in [0.05, 0.1) is 12.2 Å². The minimum absolute atomic E-state index is 0.0490. The average Bonchev–Trinajstić information content (AvgIpc) is 2.60. The fourth-order valence-electron chi connectivity index (χ4n) is 2.07. The molecule has 0 aliphatic carbocycles. The van der Waals surface area contributed by atoms with Crippen molar-refractivity contribution in [2.75, 3.05) is 5.32 Å². The van der Waals surface area contributed by atoms with Gasteiger partial charge < -0.3 is 10.6 Å². The smallest absolute Gasteiger partial charge is 0.239 e. The zero-order valence-corrected chi connectivity index (χ0v) is 14.5. The number of pyridine rings is 1. The van der Waals surface area contributed by atoms with Crippen LogP contribution in [0.3, 0.4) is 0 Å². The lowest BCUT2D eigenvalue weighted by atomic mass is 9.91. The lowest BCUT2D eigenvalue weighted by Gasteiger charge is -2.22. The summed E-state index contributed by atoms with van der Waals surface area (Å²) >= 11 is 0. The molecule has 1 aromatic heterocycles. The molecule has 0 aliphatic rings. The maximum absolute atomic E-state index is 12.5. The van der Waals surface area contributed by atoms with E-state index in [0.717, 1.165) is 0 Å². The number of anilines is 1. The van der Waals surface area contributed by atoms with Crippen molar-refractivity contribution < 1.29 is 14.4 Å². The van der Waals surface area contributed by atoms with Gasteiger partial charge >= 0.3 is 0 Å². The number of ketones is 1. The van der Waals surface area contributed by atoms with E-state index in [4.69, 9.17) is 0 Å². The minimum Gasteiger partial charge on any atom is -0.350 e. The molecule has 2 N–H and O–H groups in total. The molecule has 0 unspecified atom stereocenters. The lowest BCUT2D eigenvalue weighted by Crippen LogP contribution is -2.44. The zero-order chi connectivity index (χ0) is 18.4. The highest BCUT2D eigenvalue weighted by Gasteiger charge is 2.36. The summed E-state index contributed by atoms with van der Waals surface area (Å²) in [7, 11) is 0. The van der Waals surface area contributed by atoms with Crippen LogP contribution >= 0.6 is 0 Å². The maximum Gasteiger partial charge on any atom is 0.239 e. The molecule has 0 spiro atoms. The number of nitrogens with zero attached hydrogens (tertiary/aromatic N) is 1. The van der Waals surface area contributed by atoms with Crippen LogP contribution in [0.5, 0.6) is 0 Å². The molecule has 0 aliphatic heterocycles. The summed E-state index contributed by atoms with van der Waals surface area (Å²) in [6.45, 7) is 4.84. The van der Waals surface area contributed by atoms with Crippen LogP contribution < -0.4 is 10.6 Å². The summed E-state index contributed by atoms with van der Waals surface area (Å²) in [5.41, 5.74) is 0.548. The predicted octanol–water partition coefficient (Wildman–Crippen LogP) is 2.57. The highest BCUT2D eigenvalue weighted by Crippen LogP contribution is 2.20. The number of hydrogen-bond donors (Lipinski definition) is 2. The molecule has 0 radical (unpaired) electrons. The summed E-state index contributed by atoms with van der Waals surface area (Å²) in [5, 5.41) is 5.42. The fraction of sp³-hybridized carbons (Fsp3) is 0.263. The van der Waals surface area contributed by atoms with Crippen molar-refractivity contribution >= 4 is 23.3 Å². The topological polar surface area (TPSA) is 88.2 Å². The van der Waals surface area contributed by atoms with Gasteiger partial charge in [-0.3, -0.25) is 19.4 Å². The van der Waals surface area contributed by atoms with E-state index in [-0.39, 0.29) is 12.3 Å². The standard InChI is InChI=1S/C19H21N3O3/c1-13(23)14-7-9-15(10-8-14)22-18(25)19(2,3)17(24)21-12-16-6-4-5-11-20-16/h4-11H,12H2,1-3H3,(H,21,24)(H,22,25). The summed E-state index contributed by atoms with van der Waals surface area (Å²) in [6, 6.07) is 12.0. The number of aromatic nitrogens is 1. The molecular formula is C19H21N3O3. The van der Waals surface area contributed by atoms with Crippen molar-refractivity contribution in [1.82, 2.24) is 10.3 Å². The van der Waals surface area contributed by atoms with Gasteiger partial charge in [-0.1, -0.05) is 6.07 Å². The largest absolute Gasteiger partial charge is 0.350 e. The first-order valence-electron chi connectivity index (χ1n) is 7.91. The van der Waals surface area contributed by atoms with E-state index in [1.807, 2.05) is 6.07 Å². The van der Waals surface area contributed by atoms with Gasteiger partial charge in [-0.15, -0.1) is 0 Å². The molecule has 6 heteroatoms. The van der Waals surface area contributed by atoms with Crippen molar-refractivity contribution in [1.29, 1.82) is 0 Å². The minimum atomic E-state index is -1.26. The Bertz CT molecular complexity index is 768. The number of Topliss-reactive ketones (excluding diaryl/α,β-unsaturated/α-hetero) is 1. The second-order valence-corrected chi connectivity index (χ2v) is 6.22. The number of amides is 2. The Morgan fingerprint density at radius 3 is 2.24 bits per heavy atom. The molecule has 0 bridgehead atoms. The Labute approximate surface area is 146 Å². The Hall–Kier alpha value is -3.02. The molecule has 2 aromatic rings. The first-order chi connectivity index (χ1) is 11.8. The van der Waals surface area contributed by atoms with E-state index in [9.17, 15) is 14.4 Å². The molecule has 0 atom stereocenters. The van der Waals surface area contributed by atoms with Crippen molar-refractivity contribution in [3.8, 4) is 0 Å². The summed E-state index contributed by atoms with van der Waals surface area (Å²) in [5.74, 6) is -0.871. The summed E-state index contributed by atoms with van der Waals surface area (Å²) in [4.78, 5) is 40.2. The van der Waals surface area contributed by atoms with Crippen LogP contribution in [0.15, 0.2) is 48.7 Å². The maximum atomic E-state index is 12.5. The van der Waals surface area contributed by atoms with Gasteiger partial charge in [0, 0.05) is 17.4 Å². The van der Waals surface area contributed by atoms with Crippen LogP contribution in [0.2, 0.25) is 0 Å². The van der Waals surface area contributed by atoms with E-state index >= 15 is 0 Å². The third kappa shape index (κ3) is 4.73. The van der Waals surface area contributed by atoms with Crippen molar-refractivity contribution in [2.24, 2.45) is 5.41 Å². The number of carbonyl (C=O) groups excluding carboxylic acids is 3. The molecule has 6 nitrogen and oxygen atoms in total. The van der Waals surface area contributed by atoms with E-state index in [0.29, 0.717) is 16.9 Å². The monoisotopic (exact) mass is 339 g/mol. The molecule has 0 fully saturated rings. The predicted molar refractivity (Wildman–Crippen MR) is 94.9 cm³/mol. The zero-order valence-electron chi connectivity index (χ0n) is 14.5. The van der Waals surface area contributed by atoms with Gasteiger partial charge in [0.1, 0.15) is 5.41 Å². The highest BCUT2D eigenvalue weighted by molar-refractivity contribution is 6.10. The molecule has 0 saturated carbocycles. The molecular weight excluding hydrogens is 318 g/mol. The number of nitrogens with one attached hydrogen (secondary N) is 2. The second kappa shape index (κ2) is 7.70. The molecule has 1 heterocycles. The fourth-order valence-corrected chi connectivity index (χ4v) is 2.07. The van der Waals surface area contributed by atoms with Gasteiger partial charge in [-0.25, -0.2) is 0 Å². The molecule has 2 rings (SSSR count). The van der Waals surface area contributed by atoms with Gasteiger partial charge in [0.15, 0.2) is 5.78 Å². The number of benzene rings is 1. The number of rotatable bonds is 6. The summed E-state index contributed by atoms with van der Waals surface area (Å²) < 4.78 is 0. The Balaban J connectivity index is 1.98. The van der Waals surface area contributed by atoms with Gasteiger partial charge in [-0.05, 0) is 57.2 Å². The third-order valence-corrected chi connectivity index (χ3v) is 3.84. The first kappa shape index (κ1) is 18.3. The Morgan fingerprint density at radius 1 is 1.00 bits per heavy atom. The van der Waals surface area contributed by atoms with E-state index in [1.165, 1.54) is 6.92 Å². The third-order valence-electron chi connectivity index (χ3n) is 3.84. The summed E-state index contributed by atoms with van der Waals surface area (Å²) in [6.07, 6.45) is 1.64. The van der Waals surface area contributed by atoms with Gasteiger partial charge in [0.25, 0.3) is 0 Å². The van der Waals surface area contributed by atoms with E-state index in [1.54, 1.807) is 56.4 Å². The number of carbonyl (C=O) groups is 3. The van der Waals surface area contributed by atoms with Crippen LogP contribution in [0, 0.1) is 5.41 Å². The molecule has 25 heavy (non-hydrogen) atoms. The van der Waals surface area contributed by atoms with Crippen molar-refractivity contribution in [2.45, 2.75) is 27.3 Å². The molecule has 130 valence electrons. The average molecular weight is 339 g/mol. The Kier molecular flexibility index (Phi) is 5.64. The van der Waals surface area contributed by atoms with Crippen LogP contribution in [-0.2, 0) is 16.1 Å². The molecule has 1 aromatic carbocycles. The van der Waals surface area contributed by atoms with Gasteiger partial charge in [-0.2, -0.15) is 0 Å². The van der Waals surface area contributed by atoms with Crippen molar-refractivity contribution in [3.63, 3.8) is 0 Å². The van der Waals surface area contributed by atoms with Crippen LogP contribution in [-0.4, -0.2) is 22.6 Å². The quantitative estimate of drug-likeness (QED) is 0.625. The van der Waals surface area contributed by atoms with Gasteiger partial charge in [0.2, 0.25) is 11.8 Å². The highest BCUT2D eigenvalue weighted by atomic mass is 16.2. The molecule has 0 saturated heterocycles. The van der Waals surface area contributed by atoms with E-state index < -0.39 is 17.2 Å². The van der Waals surface area contributed by atoms with Crippen LogP contribution in [0.1, 0.15) is 36.8 Å². The van der Waals surface area contributed by atoms with Crippen molar-refractivity contribution in [3.05, 3.63) is 59.9 Å². The van der Waals surface area contributed by atoms with E-state index in [2.05, 4.69) is 15.6 Å². The first-order valence-corrected chi connectivity index (χ1v) is 7.91. The van der Waals surface area contributed by atoms with Crippen LogP contribution in [0.4, 0.5) is 5.69 Å². The lowest BCUT2D eigenvalue weighted by molar-refractivity contribution is -0.138.